The summed E-state index contributed by atoms with van der Waals surface area (Å²) in [7, 11) is 0. The van der Waals surface area contributed by atoms with Gasteiger partial charge in [0.1, 0.15) is 5.69 Å². The maximum Gasteiger partial charge on any atom is 0.270 e. The number of nitrogens with zero attached hydrogens (tertiary/aromatic N) is 2. The highest BCUT2D eigenvalue weighted by molar-refractivity contribution is 5.92. The molecule has 0 saturated carbocycles. The summed E-state index contributed by atoms with van der Waals surface area (Å²) in [6.07, 6.45) is 2.79. The largest absolute Gasteiger partial charge is 0.351 e. The van der Waals surface area contributed by atoms with Gasteiger partial charge in [0.25, 0.3) is 5.91 Å². The molecule has 1 aromatic heterocycles. The summed E-state index contributed by atoms with van der Waals surface area (Å²) in [4.78, 5) is 21.3. The van der Waals surface area contributed by atoms with Crippen molar-refractivity contribution in [3.8, 4) is 0 Å². The van der Waals surface area contributed by atoms with Crippen LogP contribution in [0.15, 0.2) is 24.3 Å². The third-order valence-electron chi connectivity index (χ3n) is 4.33. The Morgan fingerprint density at radius 3 is 2.35 bits per heavy atom. The van der Waals surface area contributed by atoms with Crippen LogP contribution in [0.2, 0.25) is 0 Å². The molecule has 0 bridgehead atoms. The molecule has 1 aromatic carbocycles. The van der Waals surface area contributed by atoms with Crippen LogP contribution in [0.5, 0.6) is 0 Å². The number of hydrogen-bond acceptors (Lipinski definition) is 4. The Morgan fingerprint density at radius 2 is 1.77 bits per heavy atom. The fraction of sp³-hybridized carbons (Fsp3) is 0.476. The van der Waals surface area contributed by atoms with Crippen LogP contribution in [0.25, 0.3) is 0 Å². The quantitative estimate of drug-likeness (QED) is 0.736. The van der Waals surface area contributed by atoms with Crippen molar-refractivity contribution < 1.29 is 4.79 Å². The predicted octanol–water partition coefficient (Wildman–Crippen LogP) is 4.43. The van der Waals surface area contributed by atoms with Gasteiger partial charge < -0.3 is 10.6 Å². The molecule has 2 N–H and O–H groups in total. The molecule has 2 rings (SSSR count). The molecule has 5 heteroatoms. The van der Waals surface area contributed by atoms with Crippen molar-refractivity contribution in [3.63, 3.8) is 0 Å². The van der Waals surface area contributed by atoms with Crippen LogP contribution in [0, 0.1) is 12.8 Å². The highest BCUT2D eigenvalue weighted by atomic mass is 16.1. The zero-order chi connectivity index (χ0) is 19.1. The van der Waals surface area contributed by atoms with Crippen molar-refractivity contribution in [1.82, 2.24) is 15.3 Å². The van der Waals surface area contributed by atoms with E-state index in [-0.39, 0.29) is 5.91 Å². The Balaban J connectivity index is 2.24. The number of carbonyl (C=O) groups is 1. The lowest BCUT2D eigenvalue weighted by molar-refractivity contribution is 0.0947. The molecule has 26 heavy (non-hydrogen) atoms. The Kier molecular flexibility index (Phi) is 7.13. The molecule has 0 unspecified atom stereocenters. The molecule has 1 heterocycles. The highest BCUT2D eigenvalue weighted by Gasteiger charge is 2.13. The van der Waals surface area contributed by atoms with E-state index in [9.17, 15) is 4.79 Å². The van der Waals surface area contributed by atoms with E-state index >= 15 is 0 Å². The molecule has 1 amide bonds. The normalized spacial score (nSPS) is 10.8. The second-order valence-electron chi connectivity index (χ2n) is 6.94. The van der Waals surface area contributed by atoms with E-state index in [0.717, 1.165) is 30.6 Å². The van der Waals surface area contributed by atoms with E-state index < -0.39 is 0 Å². The van der Waals surface area contributed by atoms with Gasteiger partial charge in [-0.1, -0.05) is 45.9 Å². The third kappa shape index (κ3) is 5.28. The van der Waals surface area contributed by atoms with E-state index in [2.05, 4.69) is 66.5 Å². The zero-order valence-corrected chi connectivity index (χ0v) is 16.5. The summed E-state index contributed by atoms with van der Waals surface area (Å²) in [6.45, 7) is 11.1. The van der Waals surface area contributed by atoms with E-state index in [1.807, 2.05) is 6.92 Å². The van der Waals surface area contributed by atoms with Crippen LogP contribution in [-0.4, -0.2) is 22.4 Å². The summed E-state index contributed by atoms with van der Waals surface area (Å²) in [6, 6.07) is 8.02. The van der Waals surface area contributed by atoms with Gasteiger partial charge in [-0.15, -0.1) is 0 Å². The summed E-state index contributed by atoms with van der Waals surface area (Å²) in [5, 5.41) is 6.29. The number of aromatic nitrogens is 2. The first kappa shape index (κ1) is 19.9. The second-order valence-corrected chi connectivity index (χ2v) is 6.94. The van der Waals surface area contributed by atoms with E-state index in [1.165, 1.54) is 11.1 Å². The molecule has 0 radical (unpaired) electrons. The van der Waals surface area contributed by atoms with Gasteiger partial charge in [0.05, 0.1) is 0 Å². The first-order chi connectivity index (χ1) is 12.4. The molecule has 0 aliphatic carbocycles. The molecule has 2 aromatic rings. The second kappa shape index (κ2) is 9.32. The summed E-state index contributed by atoms with van der Waals surface area (Å²) in [5.74, 6) is 0.867. The first-order valence-corrected chi connectivity index (χ1v) is 9.46. The van der Waals surface area contributed by atoms with Gasteiger partial charge in [-0.05, 0) is 49.3 Å². The lowest BCUT2D eigenvalue weighted by Gasteiger charge is -2.15. The molecule has 140 valence electrons. The molecule has 0 fully saturated rings. The van der Waals surface area contributed by atoms with Crippen LogP contribution in [0.1, 0.15) is 61.4 Å². The Morgan fingerprint density at radius 1 is 1.12 bits per heavy atom. The molecular weight excluding hydrogens is 324 g/mol. The number of aryl methyl sites for hydroxylation is 3. The number of para-hydroxylation sites is 1. The lowest BCUT2D eigenvalue weighted by Crippen LogP contribution is -2.26. The fourth-order valence-electron chi connectivity index (χ4n) is 2.82. The van der Waals surface area contributed by atoms with Crippen molar-refractivity contribution in [3.05, 3.63) is 46.8 Å². The molecule has 0 spiro atoms. The van der Waals surface area contributed by atoms with Gasteiger partial charge in [0.2, 0.25) is 5.95 Å². The number of benzene rings is 1. The van der Waals surface area contributed by atoms with Crippen molar-refractivity contribution in [2.45, 2.75) is 53.9 Å². The average molecular weight is 354 g/mol. The van der Waals surface area contributed by atoms with E-state index in [1.54, 1.807) is 6.07 Å². The minimum Gasteiger partial charge on any atom is -0.351 e. The van der Waals surface area contributed by atoms with E-state index in [0.29, 0.717) is 24.1 Å². The zero-order valence-electron chi connectivity index (χ0n) is 16.5. The first-order valence-electron chi connectivity index (χ1n) is 9.46. The molecule has 0 aliphatic heterocycles. The summed E-state index contributed by atoms with van der Waals surface area (Å²) in [5.41, 5.74) is 4.66. The van der Waals surface area contributed by atoms with Crippen molar-refractivity contribution in [2.24, 2.45) is 5.92 Å². The van der Waals surface area contributed by atoms with Crippen LogP contribution in [-0.2, 0) is 12.8 Å². The predicted molar refractivity (Wildman–Crippen MR) is 107 cm³/mol. The fourth-order valence-corrected chi connectivity index (χ4v) is 2.82. The third-order valence-corrected chi connectivity index (χ3v) is 4.33. The molecule has 0 saturated heterocycles. The monoisotopic (exact) mass is 354 g/mol. The van der Waals surface area contributed by atoms with Gasteiger partial charge in [0, 0.05) is 17.9 Å². The van der Waals surface area contributed by atoms with Crippen LogP contribution >= 0.6 is 0 Å². The number of amides is 1. The Hall–Kier alpha value is -2.43. The number of rotatable bonds is 8. The SMILES string of the molecule is CCc1cccc(CC)c1Nc1nc(C)cc(C(=O)NCCC(C)C)n1. The summed E-state index contributed by atoms with van der Waals surface area (Å²) >= 11 is 0. The number of nitrogens with one attached hydrogen (secondary N) is 2. The molecule has 0 atom stereocenters. The average Bonchev–Trinajstić information content (AvgIpc) is 2.61. The smallest absolute Gasteiger partial charge is 0.270 e. The Labute approximate surface area is 156 Å². The van der Waals surface area contributed by atoms with Gasteiger partial charge in [-0.3, -0.25) is 4.79 Å². The van der Waals surface area contributed by atoms with E-state index in [4.69, 9.17) is 0 Å². The number of carbonyl (C=O) groups excluding carboxylic acids is 1. The lowest BCUT2D eigenvalue weighted by atomic mass is 10.0. The van der Waals surface area contributed by atoms with Crippen molar-refractivity contribution in [2.75, 3.05) is 11.9 Å². The maximum absolute atomic E-state index is 12.4. The number of anilines is 2. The number of hydrogen-bond donors (Lipinski definition) is 2. The maximum atomic E-state index is 12.4. The Bertz CT molecular complexity index is 733. The minimum atomic E-state index is -0.154. The van der Waals surface area contributed by atoms with Crippen molar-refractivity contribution >= 4 is 17.5 Å². The molecule has 0 aliphatic rings. The summed E-state index contributed by atoms with van der Waals surface area (Å²) < 4.78 is 0. The molecule has 5 nitrogen and oxygen atoms in total. The topological polar surface area (TPSA) is 66.9 Å². The minimum absolute atomic E-state index is 0.154. The van der Waals surface area contributed by atoms with Crippen LogP contribution in [0.4, 0.5) is 11.6 Å². The van der Waals surface area contributed by atoms with Gasteiger partial charge in [-0.25, -0.2) is 9.97 Å². The highest BCUT2D eigenvalue weighted by Crippen LogP contribution is 2.25. The van der Waals surface area contributed by atoms with Crippen molar-refractivity contribution in [1.29, 1.82) is 0 Å². The molecular formula is C21H30N4O. The van der Waals surface area contributed by atoms with Gasteiger partial charge in [0.15, 0.2) is 0 Å². The van der Waals surface area contributed by atoms with Crippen LogP contribution < -0.4 is 10.6 Å². The van der Waals surface area contributed by atoms with Gasteiger partial charge in [-0.2, -0.15) is 0 Å². The standard InChI is InChI=1S/C21H30N4O/c1-6-16-9-8-10-17(7-2)19(16)25-21-23-15(5)13-18(24-21)20(26)22-12-11-14(3)4/h8-10,13-14H,6-7,11-12H2,1-5H3,(H,22,26)(H,23,24,25). The van der Waals surface area contributed by atoms with Gasteiger partial charge >= 0.3 is 0 Å². The van der Waals surface area contributed by atoms with Crippen LogP contribution in [0.3, 0.4) is 0 Å².